The lowest BCUT2D eigenvalue weighted by atomic mass is 10.1. The van der Waals surface area contributed by atoms with Gasteiger partial charge in [0.25, 0.3) is 0 Å². The van der Waals surface area contributed by atoms with E-state index in [0.29, 0.717) is 12.3 Å². The molecule has 0 bridgehead atoms. The van der Waals surface area contributed by atoms with E-state index in [2.05, 4.69) is 0 Å². The van der Waals surface area contributed by atoms with E-state index in [-0.39, 0.29) is 0 Å². The van der Waals surface area contributed by atoms with Gasteiger partial charge in [-0.25, -0.2) is 0 Å². The highest BCUT2D eigenvalue weighted by Gasteiger charge is 2.19. The second kappa shape index (κ2) is 4.57. The van der Waals surface area contributed by atoms with Crippen LogP contribution in [0.1, 0.15) is 18.5 Å². The summed E-state index contributed by atoms with van der Waals surface area (Å²) in [4.78, 5) is 0. The van der Waals surface area contributed by atoms with Crippen molar-refractivity contribution in [3.05, 3.63) is 16.3 Å². The molecular formula is C8H14N2O2S. The summed E-state index contributed by atoms with van der Waals surface area (Å²) in [6.45, 7) is 2.23. The first kappa shape index (κ1) is 10.5. The SMILES string of the molecule is CCOC(O)C(N)c1cscc1N. The molecule has 4 nitrogen and oxygen atoms in total. The van der Waals surface area contributed by atoms with E-state index in [1.54, 1.807) is 12.3 Å². The van der Waals surface area contributed by atoms with Gasteiger partial charge in [-0.3, -0.25) is 0 Å². The second-order valence-corrected chi connectivity index (χ2v) is 3.40. The van der Waals surface area contributed by atoms with Crippen LogP contribution in [0.4, 0.5) is 5.69 Å². The van der Waals surface area contributed by atoms with Gasteiger partial charge in [0, 0.05) is 23.2 Å². The van der Waals surface area contributed by atoms with Crippen LogP contribution in [0.15, 0.2) is 10.8 Å². The minimum absolute atomic E-state index is 0.429. The van der Waals surface area contributed by atoms with Crippen molar-refractivity contribution in [2.75, 3.05) is 12.3 Å². The van der Waals surface area contributed by atoms with E-state index in [4.69, 9.17) is 16.2 Å². The minimum Gasteiger partial charge on any atom is -0.398 e. The average molecular weight is 202 g/mol. The van der Waals surface area contributed by atoms with Gasteiger partial charge in [0.05, 0.1) is 6.04 Å². The molecule has 0 radical (unpaired) electrons. The maximum Gasteiger partial charge on any atom is 0.174 e. The van der Waals surface area contributed by atoms with Gasteiger partial charge in [0.15, 0.2) is 6.29 Å². The normalized spacial score (nSPS) is 15.6. The number of rotatable bonds is 4. The number of aliphatic hydroxyl groups excluding tert-OH is 1. The summed E-state index contributed by atoms with van der Waals surface area (Å²) in [6.07, 6.45) is -0.984. The zero-order valence-corrected chi connectivity index (χ0v) is 8.25. The van der Waals surface area contributed by atoms with Crippen molar-refractivity contribution in [1.29, 1.82) is 0 Å². The Balaban J connectivity index is 2.67. The molecular weight excluding hydrogens is 188 g/mol. The van der Waals surface area contributed by atoms with Crippen LogP contribution in [0.5, 0.6) is 0 Å². The number of nitrogens with two attached hydrogens (primary N) is 2. The van der Waals surface area contributed by atoms with Crippen LogP contribution in [-0.4, -0.2) is 18.0 Å². The third-order valence-electron chi connectivity index (χ3n) is 1.73. The van der Waals surface area contributed by atoms with Gasteiger partial charge in [0.2, 0.25) is 0 Å². The minimum atomic E-state index is -0.984. The van der Waals surface area contributed by atoms with Crippen molar-refractivity contribution < 1.29 is 9.84 Å². The number of hydrogen-bond donors (Lipinski definition) is 3. The standard InChI is InChI=1S/C8H14N2O2S/c1-2-12-8(11)7(10)5-3-13-4-6(5)9/h3-4,7-8,11H,2,9-10H2,1H3. The second-order valence-electron chi connectivity index (χ2n) is 2.65. The molecule has 1 heterocycles. The molecule has 5 heteroatoms. The summed E-state index contributed by atoms with van der Waals surface area (Å²) in [5, 5.41) is 13.0. The molecule has 1 rings (SSSR count). The third kappa shape index (κ3) is 2.41. The lowest BCUT2D eigenvalue weighted by molar-refractivity contribution is -0.110. The fourth-order valence-corrected chi connectivity index (χ4v) is 1.81. The van der Waals surface area contributed by atoms with Crippen molar-refractivity contribution >= 4 is 17.0 Å². The average Bonchev–Trinajstić information content (AvgIpc) is 2.50. The molecule has 0 fully saturated rings. The Bertz CT molecular complexity index is 264. The summed E-state index contributed by atoms with van der Waals surface area (Å²) in [7, 11) is 0. The molecule has 1 aromatic rings. The van der Waals surface area contributed by atoms with Crippen molar-refractivity contribution in [2.24, 2.45) is 5.73 Å². The molecule has 0 aromatic carbocycles. The van der Waals surface area contributed by atoms with E-state index < -0.39 is 12.3 Å². The van der Waals surface area contributed by atoms with Crippen LogP contribution >= 0.6 is 11.3 Å². The van der Waals surface area contributed by atoms with Crippen molar-refractivity contribution in [1.82, 2.24) is 0 Å². The molecule has 1 aromatic heterocycles. The highest BCUT2D eigenvalue weighted by molar-refractivity contribution is 7.08. The highest BCUT2D eigenvalue weighted by Crippen LogP contribution is 2.25. The number of ether oxygens (including phenoxy) is 1. The molecule has 0 aliphatic heterocycles. The Morgan fingerprint density at radius 1 is 1.62 bits per heavy atom. The van der Waals surface area contributed by atoms with Gasteiger partial charge < -0.3 is 21.3 Å². The van der Waals surface area contributed by atoms with Gasteiger partial charge in [-0.05, 0) is 12.3 Å². The van der Waals surface area contributed by atoms with Gasteiger partial charge in [-0.1, -0.05) is 0 Å². The Labute approximate surface area is 81.1 Å². The van der Waals surface area contributed by atoms with E-state index in [9.17, 15) is 5.11 Å². The molecule has 0 amide bonds. The van der Waals surface area contributed by atoms with Crippen LogP contribution in [0, 0.1) is 0 Å². The Morgan fingerprint density at radius 3 is 2.77 bits per heavy atom. The van der Waals surface area contributed by atoms with Crippen LogP contribution in [0.3, 0.4) is 0 Å². The fraction of sp³-hybridized carbons (Fsp3) is 0.500. The summed E-state index contributed by atoms with van der Waals surface area (Å²) in [5.74, 6) is 0. The zero-order chi connectivity index (χ0) is 9.84. The van der Waals surface area contributed by atoms with E-state index >= 15 is 0 Å². The number of anilines is 1. The fourth-order valence-electron chi connectivity index (χ4n) is 1.02. The van der Waals surface area contributed by atoms with Gasteiger partial charge >= 0.3 is 0 Å². The molecule has 2 unspecified atom stereocenters. The van der Waals surface area contributed by atoms with Crippen LogP contribution in [0.2, 0.25) is 0 Å². The lowest BCUT2D eigenvalue weighted by Gasteiger charge is -2.18. The molecule has 0 spiro atoms. The first-order chi connectivity index (χ1) is 6.16. The predicted octanol–water partition coefficient (Wildman–Crippen LogP) is 0.685. The van der Waals surface area contributed by atoms with E-state index in [1.807, 2.05) is 5.38 Å². The van der Waals surface area contributed by atoms with Crippen molar-refractivity contribution in [3.63, 3.8) is 0 Å². The molecule has 5 N–H and O–H groups in total. The highest BCUT2D eigenvalue weighted by atomic mass is 32.1. The van der Waals surface area contributed by atoms with Gasteiger partial charge in [-0.2, -0.15) is 0 Å². The number of nitrogen functional groups attached to an aromatic ring is 1. The lowest BCUT2D eigenvalue weighted by Crippen LogP contribution is -2.28. The molecule has 0 aliphatic rings. The van der Waals surface area contributed by atoms with E-state index in [1.165, 1.54) is 11.3 Å². The predicted molar refractivity (Wildman–Crippen MR) is 53.3 cm³/mol. The first-order valence-electron chi connectivity index (χ1n) is 4.03. The zero-order valence-electron chi connectivity index (χ0n) is 7.43. The Morgan fingerprint density at radius 2 is 2.31 bits per heavy atom. The summed E-state index contributed by atoms with van der Waals surface area (Å²) in [5.41, 5.74) is 12.7. The summed E-state index contributed by atoms with van der Waals surface area (Å²) in [6, 6.07) is -0.564. The van der Waals surface area contributed by atoms with Crippen molar-refractivity contribution in [3.8, 4) is 0 Å². The maximum atomic E-state index is 9.42. The Kier molecular flexibility index (Phi) is 3.68. The summed E-state index contributed by atoms with van der Waals surface area (Å²) >= 11 is 1.46. The van der Waals surface area contributed by atoms with E-state index in [0.717, 1.165) is 5.56 Å². The molecule has 0 saturated heterocycles. The van der Waals surface area contributed by atoms with Crippen LogP contribution in [0.25, 0.3) is 0 Å². The van der Waals surface area contributed by atoms with Crippen molar-refractivity contribution in [2.45, 2.75) is 19.3 Å². The smallest absolute Gasteiger partial charge is 0.174 e. The molecule has 0 saturated carbocycles. The van der Waals surface area contributed by atoms with Crippen LogP contribution < -0.4 is 11.5 Å². The molecule has 74 valence electrons. The number of thiophene rings is 1. The third-order valence-corrected chi connectivity index (χ3v) is 2.51. The Hall–Kier alpha value is -0.620. The van der Waals surface area contributed by atoms with Crippen LogP contribution in [-0.2, 0) is 4.74 Å². The summed E-state index contributed by atoms with van der Waals surface area (Å²) < 4.78 is 4.96. The number of aliphatic hydroxyl groups is 1. The quantitative estimate of drug-likeness (QED) is 0.627. The first-order valence-corrected chi connectivity index (χ1v) is 4.98. The molecule has 2 atom stereocenters. The van der Waals surface area contributed by atoms with Gasteiger partial charge in [-0.15, -0.1) is 11.3 Å². The number of hydrogen-bond acceptors (Lipinski definition) is 5. The topological polar surface area (TPSA) is 81.5 Å². The largest absolute Gasteiger partial charge is 0.398 e. The van der Waals surface area contributed by atoms with Gasteiger partial charge in [0.1, 0.15) is 0 Å². The monoisotopic (exact) mass is 202 g/mol. The molecule has 13 heavy (non-hydrogen) atoms. The molecule has 0 aliphatic carbocycles. The maximum absolute atomic E-state index is 9.42.